The van der Waals surface area contributed by atoms with Crippen LogP contribution in [0.1, 0.15) is 25.2 Å². The average molecular weight is 234 g/mol. The second kappa shape index (κ2) is 5.34. The molecule has 2 atom stereocenters. The number of methoxy groups -OCH3 is 1. The Morgan fingerprint density at radius 2 is 2.12 bits per heavy atom. The van der Waals surface area contributed by atoms with Gasteiger partial charge in [-0.25, -0.2) is 0 Å². The fourth-order valence-electron chi connectivity index (χ4n) is 1.89. The quantitative estimate of drug-likeness (QED) is 0.864. The summed E-state index contributed by atoms with van der Waals surface area (Å²) in [4.78, 5) is 0. The zero-order valence-electron chi connectivity index (χ0n) is 10.2. The molecule has 1 aromatic carbocycles. The van der Waals surface area contributed by atoms with E-state index in [-0.39, 0.29) is 5.92 Å². The monoisotopic (exact) mass is 234 g/mol. The lowest BCUT2D eigenvalue weighted by atomic mass is 9.99. The Balaban J connectivity index is 2.15. The van der Waals surface area contributed by atoms with Crippen molar-refractivity contribution in [3.05, 3.63) is 36.1 Å². The predicted octanol–water partition coefficient (Wildman–Crippen LogP) is 3.14. The van der Waals surface area contributed by atoms with Crippen molar-refractivity contribution in [3.8, 4) is 0 Å². The molecule has 0 fully saturated rings. The van der Waals surface area contributed by atoms with Crippen molar-refractivity contribution in [1.29, 1.82) is 0 Å². The molecule has 0 aliphatic heterocycles. The van der Waals surface area contributed by atoms with E-state index in [1.165, 1.54) is 0 Å². The van der Waals surface area contributed by atoms with Gasteiger partial charge in [0.1, 0.15) is 17.4 Å². The third-order valence-electron chi connectivity index (χ3n) is 3.05. The fourth-order valence-corrected chi connectivity index (χ4v) is 1.89. The molecule has 0 aliphatic carbocycles. The van der Waals surface area contributed by atoms with Gasteiger partial charge in [0.05, 0.1) is 0 Å². The van der Waals surface area contributed by atoms with Gasteiger partial charge in [-0.15, -0.1) is 0 Å². The van der Waals surface area contributed by atoms with Gasteiger partial charge in [-0.2, -0.15) is 0 Å². The molecule has 0 saturated heterocycles. The summed E-state index contributed by atoms with van der Waals surface area (Å²) in [6.07, 6.45) is 0.242. The summed E-state index contributed by atoms with van der Waals surface area (Å²) in [6.45, 7) is 2.65. The van der Waals surface area contributed by atoms with Crippen LogP contribution in [0, 0.1) is 5.92 Å². The molecular formula is C14H18O3. The average Bonchev–Trinajstić information content (AvgIpc) is 2.78. The van der Waals surface area contributed by atoms with Gasteiger partial charge < -0.3 is 14.3 Å². The second-order valence-corrected chi connectivity index (χ2v) is 4.39. The first kappa shape index (κ1) is 12.1. The van der Waals surface area contributed by atoms with E-state index >= 15 is 0 Å². The Morgan fingerprint density at radius 3 is 2.82 bits per heavy atom. The van der Waals surface area contributed by atoms with Gasteiger partial charge >= 0.3 is 0 Å². The Hall–Kier alpha value is -1.32. The van der Waals surface area contributed by atoms with E-state index in [0.29, 0.717) is 12.4 Å². The molecule has 2 aromatic rings. The molecule has 92 valence electrons. The Labute approximate surface area is 101 Å². The highest BCUT2D eigenvalue weighted by Crippen LogP contribution is 2.29. The minimum Gasteiger partial charge on any atom is -0.458 e. The molecule has 1 heterocycles. The van der Waals surface area contributed by atoms with Crippen LogP contribution < -0.4 is 0 Å². The summed E-state index contributed by atoms with van der Waals surface area (Å²) in [5.41, 5.74) is 0.820. The van der Waals surface area contributed by atoms with Gasteiger partial charge in [-0.3, -0.25) is 0 Å². The number of hydrogen-bond donors (Lipinski definition) is 1. The van der Waals surface area contributed by atoms with Gasteiger partial charge in [0.15, 0.2) is 0 Å². The number of ether oxygens (including phenoxy) is 1. The van der Waals surface area contributed by atoms with Crippen LogP contribution in [0.5, 0.6) is 0 Å². The lowest BCUT2D eigenvalue weighted by molar-refractivity contribution is 0.0729. The first-order chi connectivity index (χ1) is 8.22. The second-order valence-electron chi connectivity index (χ2n) is 4.39. The summed E-state index contributed by atoms with van der Waals surface area (Å²) < 4.78 is 10.7. The first-order valence-corrected chi connectivity index (χ1v) is 5.88. The summed E-state index contributed by atoms with van der Waals surface area (Å²) >= 11 is 0. The number of rotatable bonds is 5. The van der Waals surface area contributed by atoms with Crippen molar-refractivity contribution in [2.75, 3.05) is 13.7 Å². The van der Waals surface area contributed by atoms with Gasteiger partial charge in [0.25, 0.3) is 0 Å². The van der Waals surface area contributed by atoms with Gasteiger partial charge in [0.2, 0.25) is 0 Å². The molecule has 0 amide bonds. The van der Waals surface area contributed by atoms with E-state index in [4.69, 9.17) is 9.15 Å². The minimum absolute atomic E-state index is 0.121. The lowest BCUT2D eigenvalue weighted by Crippen LogP contribution is -2.10. The van der Waals surface area contributed by atoms with Gasteiger partial charge in [-0.05, 0) is 24.5 Å². The van der Waals surface area contributed by atoms with Crippen LogP contribution in [0.15, 0.2) is 34.7 Å². The Morgan fingerprint density at radius 1 is 1.35 bits per heavy atom. The number of para-hydroxylation sites is 1. The van der Waals surface area contributed by atoms with Crippen LogP contribution in [0.2, 0.25) is 0 Å². The molecule has 1 aromatic heterocycles. The number of aliphatic hydroxyl groups excluding tert-OH is 1. The van der Waals surface area contributed by atoms with E-state index in [2.05, 4.69) is 0 Å². The zero-order chi connectivity index (χ0) is 12.3. The highest BCUT2D eigenvalue weighted by molar-refractivity contribution is 5.77. The van der Waals surface area contributed by atoms with E-state index < -0.39 is 6.10 Å². The molecule has 2 rings (SSSR count). The van der Waals surface area contributed by atoms with Crippen LogP contribution >= 0.6 is 0 Å². The SMILES string of the molecule is COCCC(C)C(O)c1cc2ccccc2o1. The summed E-state index contributed by atoms with van der Waals surface area (Å²) in [7, 11) is 1.67. The largest absolute Gasteiger partial charge is 0.458 e. The van der Waals surface area contributed by atoms with Crippen molar-refractivity contribution in [3.63, 3.8) is 0 Å². The van der Waals surface area contributed by atoms with Crippen LogP contribution in [-0.2, 0) is 4.74 Å². The van der Waals surface area contributed by atoms with E-state index in [0.717, 1.165) is 17.4 Å². The predicted molar refractivity (Wildman–Crippen MR) is 66.8 cm³/mol. The van der Waals surface area contributed by atoms with Crippen molar-refractivity contribution in [2.45, 2.75) is 19.4 Å². The number of hydrogen-bond acceptors (Lipinski definition) is 3. The molecule has 0 saturated carbocycles. The van der Waals surface area contributed by atoms with Crippen molar-refractivity contribution in [1.82, 2.24) is 0 Å². The third-order valence-corrected chi connectivity index (χ3v) is 3.05. The summed E-state index contributed by atoms with van der Waals surface area (Å²) in [5, 5.41) is 11.2. The van der Waals surface area contributed by atoms with Gasteiger partial charge in [-0.1, -0.05) is 25.1 Å². The van der Waals surface area contributed by atoms with Crippen LogP contribution in [-0.4, -0.2) is 18.8 Å². The smallest absolute Gasteiger partial charge is 0.134 e. The number of fused-ring (bicyclic) bond motifs is 1. The van der Waals surface area contributed by atoms with E-state index in [1.807, 2.05) is 37.3 Å². The molecule has 1 N–H and O–H groups in total. The lowest BCUT2D eigenvalue weighted by Gasteiger charge is -2.15. The highest BCUT2D eigenvalue weighted by Gasteiger charge is 2.19. The maximum atomic E-state index is 10.2. The minimum atomic E-state index is -0.572. The van der Waals surface area contributed by atoms with E-state index in [9.17, 15) is 5.11 Å². The Kier molecular flexibility index (Phi) is 3.82. The number of furan rings is 1. The standard InChI is InChI=1S/C14H18O3/c1-10(7-8-16-2)14(15)13-9-11-5-3-4-6-12(11)17-13/h3-6,9-10,14-15H,7-8H2,1-2H3. The highest BCUT2D eigenvalue weighted by atomic mass is 16.5. The zero-order valence-corrected chi connectivity index (χ0v) is 10.2. The van der Waals surface area contributed by atoms with Crippen molar-refractivity contribution >= 4 is 11.0 Å². The van der Waals surface area contributed by atoms with Crippen molar-refractivity contribution < 1.29 is 14.3 Å². The number of aliphatic hydroxyl groups is 1. The Bertz CT molecular complexity index is 442. The van der Waals surface area contributed by atoms with E-state index in [1.54, 1.807) is 7.11 Å². The molecule has 0 spiro atoms. The molecule has 17 heavy (non-hydrogen) atoms. The maximum absolute atomic E-state index is 10.2. The summed E-state index contributed by atoms with van der Waals surface area (Å²) in [6, 6.07) is 9.68. The van der Waals surface area contributed by atoms with Crippen LogP contribution in [0.4, 0.5) is 0 Å². The third kappa shape index (κ3) is 2.68. The molecular weight excluding hydrogens is 216 g/mol. The normalized spacial score (nSPS) is 15.0. The topological polar surface area (TPSA) is 42.6 Å². The van der Waals surface area contributed by atoms with Crippen molar-refractivity contribution in [2.24, 2.45) is 5.92 Å². The molecule has 3 nitrogen and oxygen atoms in total. The molecule has 0 bridgehead atoms. The molecule has 0 radical (unpaired) electrons. The number of benzene rings is 1. The molecule has 3 heteroatoms. The molecule has 2 unspecified atom stereocenters. The van der Waals surface area contributed by atoms with Crippen LogP contribution in [0.25, 0.3) is 11.0 Å². The van der Waals surface area contributed by atoms with Gasteiger partial charge in [0, 0.05) is 19.1 Å². The first-order valence-electron chi connectivity index (χ1n) is 5.88. The maximum Gasteiger partial charge on any atom is 0.134 e. The molecule has 0 aliphatic rings. The summed E-state index contributed by atoms with van der Waals surface area (Å²) in [5.74, 6) is 0.755. The van der Waals surface area contributed by atoms with Crippen LogP contribution in [0.3, 0.4) is 0 Å². The fraction of sp³-hybridized carbons (Fsp3) is 0.429.